The molecule has 2 rings (SSSR count). The van der Waals surface area contributed by atoms with Crippen molar-refractivity contribution in [1.29, 1.82) is 0 Å². The number of hydrogen-bond acceptors (Lipinski definition) is 1. The van der Waals surface area contributed by atoms with Gasteiger partial charge in [-0.25, -0.2) is 0 Å². The van der Waals surface area contributed by atoms with Gasteiger partial charge in [0.1, 0.15) is 5.76 Å². The van der Waals surface area contributed by atoms with Gasteiger partial charge in [0.05, 0.1) is 0 Å². The second-order valence-corrected chi connectivity index (χ2v) is 3.53. The van der Waals surface area contributed by atoms with Gasteiger partial charge in [0, 0.05) is 16.7 Å². The molecule has 0 bridgehead atoms. The van der Waals surface area contributed by atoms with Crippen LogP contribution >= 0.6 is 11.6 Å². The first-order chi connectivity index (χ1) is 7.47. The summed E-state index contributed by atoms with van der Waals surface area (Å²) in [7, 11) is 0. The van der Waals surface area contributed by atoms with Crippen molar-refractivity contribution in [2.45, 2.75) is 6.18 Å². The number of hydrogen-bond donors (Lipinski definition) is 0. The zero-order valence-corrected chi connectivity index (χ0v) is 8.56. The van der Waals surface area contributed by atoms with Crippen molar-refractivity contribution in [3.63, 3.8) is 0 Å². The van der Waals surface area contributed by atoms with Crippen LogP contribution in [-0.4, -0.2) is 0 Å². The van der Waals surface area contributed by atoms with Crippen molar-refractivity contribution in [2.24, 2.45) is 0 Å². The summed E-state index contributed by atoms with van der Waals surface area (Å²) < 4.78 is 41.4. The molecule has 0 saturated carbocycles. The van der Waals surface area contributed by atoms with Crippen LogP contribution < -0.4 is 0 Å². The number of furan rings is 1. The van der Waals surface area contributed by atoms with E-state index >= 15 is 0 Å². The highest BCUT2D eigenvalue weighted by atomic mass is 35.5. The van der Waals surface area contributed by atoms with E-state index in [0.29, 0.717) is 10.6 Å². The highest BCUT2D eigenvalue weighted by Crippen LogP contribution is 2.33. The smallest absolute Gasteiger partial charge is 0.450 e. The van der Waals surface area contributed by atoms with Crippen LogP contribution in [0.25, 0.3) is 11.3 Å². The predicted octanol–water partition coefficient (Wildman–Crippen LogP) is 4.42. The summed E-state index contributed by atoms with van der Waals surface area (Å²) in [6.45, 7) is 0. The summed E-state index contributed by atoms with van der Waals surface area (Å²) in [6.07, 6.45) is -4.51. The van der Waals surface area contributed by atoms with E-state index in [9.17, 15) is 13.2 Å². The monoisotopic (exact) mass is 245 g/mol. The third-order valence-electron chi connectivity index (χ3n) is 1.93. The number of rotatable bonds is 1. The van der Waals surface area contributed by atoms with Crippen LogP contribution in [0.4, 0.5) is 13.2 Å². The minimum atomic E-state index is -4.51. The molecule has 0 N–H and O–H groups in total. The van der Waals surface area contributed by atoms with Gasteiger partial charge in [-0.15, -0.1) is 0 Å². The van der Waals surface area contributed by atoms with Gasteiger partial charge < -0.3 is 4.42 Å². The average molecular weight is 246 g/mol. The van der Waals surface area contributed by atoms with Crippen LogP contribution in [0.5, 0.6) is 0 Å². The zero-order chi connectivity index (χ0) is 11.8. The molecule has 0 saturated heterocycles. The van der Waals surface area contributed by atoms with E-state index in [1.807, 2.05) is 6.07 Å². The molecule has 1 radical (unpaired) electrons. The van der Waals surface area contributed by atoms with Crippen LogP contribution in [-0.2, 0) is 6.18 Å². The Kier molecular flexibility index (Phi) is 2.68. The molecule has 0 fully saturated rings. The molecule has 16 heavy (non-hydrogen) atoms. The maximum Gasteiger partial charge on any atom is 0.450 e. The quantitative estimate of drug-likeness (QED) is 0.725. The molecule has 1 aromatic carbocycles. The van der Waals surface area contributed by atoms with E-state index in [-0.39, 0.29) is 5.76 Å². The van der Waals surface area contributed by atoms with Crippen LogP contribution in [0.3, 0.4) is 0 Å². The molecule has 0 spiro atoms. The van der Waals surface area contributed by atoms with Crippen molar-refractivity contribution in [3.8, 4) is 11.3 Å². The lowest BCUT2D eigenvalue weighted by Gasteiger charge is -2.01. The Hall–Kier alpha value is -1.42. The molecule has 2 aromatic rings. The maximum atomic E-state index is 12.2. The highest BCUT2D eigenvalue weighted by Gasteiger charge is 2.35. The predicted molar refractivity (Wildman–Crippen MR) is 53.0 cm³/mol. The molecule has 0 unspecified atom stereocenters. The SMILES string of the molecule is FC(F)(F)c1[c]cc(-c2ccc(Cl)cc2)o1. The average Bonchev–Trinajstić information content (AvgIpc) is 2.67. The first-order valence-corrected chi connectivity index (χ1v) is 4.69. The summed E-state index contributed by atoms with van der Waals surface area (Å²) in [5.74, 6) is -1.01. The molecule has 1 nitrogen and oxygen atoms in total. The topological polar surface area (TPSA) is 13.1 Å². The van der Waals surface area contributed by atoms with Crippen molar-refractivity contribution in [2.75, 3.05) is 0 Å². The minimum Gasteiger partial charge on any atom is -0.451 e. The third-order valence-corrected chi connectivity index (χ3v) is 2.18. The number of benzene rings is 1. The molecule has 1 heterocycles. The molecule has 5 heteroatoms. The van der Waals surface area contributed by atoms with Crippen molar-refractivity contribution < 1.29 is 17.6 Å². The fourth-order valence-corrected chi connectivity index (χ4v) is 1.32. The molecular weight excluding hydrogens is 241 g/mol. The Bertz CT molecular complexity index is 485. The molecule has 0 aliphatic rings. The first-order valence-electron chi connectivity index (χ1n) is 4.31. The molecule has 0 amide bonds. The fraction of sp³-hybridized carbons (Fsp3) is 0.0909. The molecule has 0 aliphatic carbocycles. The lowest BCUT2D eigenvalue weighted by Crippen LogP contribution is -2.02. The Morgan fingerprint density at radius 2 is 1.75 bits per heavy atom. The standard InChI is InChI=1S/C11H5ClF3O/c12-8-3-1-7(2-4-8)9-5-6-10(16-9)11(13,14)15/h1-5H. The van der Waals surface area contributed by atoms with Crippen LogP contribution in [0.1, 0.15) is 5.76 Å². The van der Waals surface area contributed by atoms with Crippen molar-refractivity contribution in [3.05, 3.63) is 47.2 Å². The first kappa shape index (κ1) is 11.1. The van der Waals surface area contributed by atoms with Gasteiger partial charge in [-0.05, 0) is 30.3 Å². The fourth-order valence-electron chi connectivity index (χ4n) is 1.20. The Morgan fingerprint density at radius 1 is 1.12 bits per heavy atom. The summed E-state index contributed by atoms with van der Waals surface area (Å²) in [5.41, 5.74) is 0.524. The summed E-state index contributed by atoms with van der Waals surface area (Å²) in [5, 5.41) is 0.510. The number of alkyl halides is 3. The van der Waals surface area contributed by atoms with Crippen molar-refractivity contribution >= 4 is 11.6 Å². The molecule has 0 atom stereocenters. The summed E-state index contributed by atoms with van der Waals surface area (Å²) in [4.78, 5) is 0. The molecule has 83 valence electrons. The van der Waals surface area contributed by atoms with Gasteiger partial charge in [-0.2, -0.15) is 13.2 Å². The van der Waals surface area contributed by atoms with Gasteiger partial charge in [-0.3, -0.25) is 0 Å². The third kappa shape index (κ3) is 2.22. The van der Waals surface area contributed by atoms with E-state index < -0.39 is 11.9 Å². The highest BCUT2D eigenvalue weighted by molar-refractivity contribution is 6.30. The molecule has 0 aliphatic heterocycles. The summed E-state index contributed by atoms with van der Waals surface area (Å²) >= 11 is 5.66. The largest absolute Gasteiger partial charge is 0.451 e. The zero-order valence-electron chi connectivity index (χ0n) is 7.81. The Balaban J connectivity index is 2.35. The second-order valence-electron chi connectivity index (χ2n) is 3.09. The molecule has 1 aromatic heterocycles. The van der Waals surface area contributed by atoms with Gasteiger partial charge in [0.2, 0.25) is 5.76 Å². The van der Waals surface area contributed by atoms with Gasteiger partial charge >= 0.3 is 6.18 Å². The lowest BCUT2D eigenvalue weighted by molar-refractivity contribution is -0.152. The van der Waals surface area contributed by atoms with Gasteiger partial charge in [-0.1, -0.05) is 11.6 Å². The van der Waals surface area contributed by atoms with E-state index in [1.54, 1.807) is 24.3 Å². The van der Waals surface area contributed by atoms with Gasteiger partial charge in [0.25, 0.3) is 0 Å². The van der Waals surface area contributed by atoms with Crippen LogP contribution in [0, 0.1) is 6.07 Å². The van der Waals surface area contributed by atoms with Crippen LogP contribution in [0.2, 0.25) is 5.02 Å². The molecular formula is C11H5ClF3O. The van der Waals surface area contributed by atoms with Crippen LogP contribution in [0.15, 0.2) is 34.7 Å². The lowest BCUT2D eigenvalue weighted by atomic mass is 10.2. The Labute approximate surface area is 94.4 Å². The second kappa shape index (κ2) is 3.87. The van der Waals surface area contributed by atoms with E-state index in [4.69, 9.17) is 11.6 Å². The van der Waals surface area contributed by atoms with Gasteiger partial charge in [0.15, 0.2) is 0 Å². The maximum absolute atomic E-state index is 12.2. The van der Waals surface area contributed by atoms with Crippen molar-refractivity contribution in [1.82, 2.24) is 0 Å². The summed E-state index contributed by atoms with van der Waals surface area (Å²) in [6, 6.07) is 9.50. The number of halogens is 4. The Morgan fingerprint density at radius 3 is 2.25 bits per heavy atom. The normalized spacial score (nSPS) is 11.8. The van der Waals surface area contributed by atoms with E-state index in [2.05, 4.69) is 4.42 Å². The minimum absolute atomic E-state index is 0.115. The van der Waals surface area contributed by atoms with E-state index in [1.165, 1.54) is 0 Å². The van der Waals surface area contributed by atoms with E-state index in [0.717, 1.165) is 6.07 Å².